The molecular weight excluding hydrogens is 248 g/mol. The fourth-order valence-electron chi connectivity index (χ4n) is 3.93. The molecule has 0 amide bonds. The van der Waals surface area contributed by atoms with Crippen molar-refractivity contribution in [2.75, 3.05) is 33.3 Å². The Bertz CT molecular complexity index is 434. The van der Waals surface area contributed by atoms with Crippen LogP contribution in [0.2, 0.25) is 0 Å². The summed E-state index contributed by atoms with van der Waals surface area (Å²) in [5.41, 5.74) is 1.70. The van der Waals surface area contributed by atoms with Crippen LogP contribution in [0.5, 0.6) is 5.75 Å². The monoisotopic (exact) mass is 274 g/mol. The second-order valence-electron chi connectivity index (χ2n) is 6.06. The van der Waals surface area contributed by atoms with Crippen molar-refractivity contribution in [3.8, 4) is 5.75 Å². The molecule has 2 fully saturated rings. The van der Waals surface area contributed by atoms with E-state index in [-0.39, 0.29) is 5.54 Å². The Kier molecular flexibility index (Phi) is 4.27. The van der Waals surface area contributed by atoms with E-state index in [9.17, 15) is 0 Å². The average molecular weight is 274 g/mol. The Hall–Kier alpha value is -1.06. The molecule has 0 aromatic heterocycles. The number of ether oxygens (including phenoxy) is 1. The molecule has 1 aromatic carbocycles. The molecule has 1 N–H and O–H groups in total. The minimum atomic E-state index is 0.245. The highest BCUT2D eigenvalue weighted by molar-refractivity contribution is 5.34. The van der Waals surface area contributed by atoms with Gasteiger partial charge in [0, 0.05) is 31.7 Å². The molecule has 1 heterocycles. The SMILES string of the molecule is COc1cccc(C2(N3CCNCC3)CCCCC2)c1. The molecule has 0 spiro atoms. The number of hydrogen-bond donors (Lipinski definition) is 1. The second kappa shape index (κ2) is 6.15. The third kappa shape index (κ3) is 2.57. The van der Waals surface area contributed by atoms with E-state index in [4.69, 9.17) is 4.74 Å². The Balaban J connectivity index is 1.95. The predicted octanol–water partition coefficient (Wildman–Crippen LogP) is 2.76. The highest BCUT2D eigenvalue weighted by atomic mass is 16.5. The van der Waals surface area contributed by atoms with Crippen molar-refractivity contribution in [2.45, 2.75) is 37.6 Å². The lowest BCUT2D eigenvalue weighted by molar-refractivity contribution is 0.0360. The van der Waals surface area contributed by atoms with Gasteiger partial charge in [0.25, 0.3) is 0 Å². The number of hydrogen-bond acceptors (Lipinski definition) is 3. The summed E-state index contributed by atoms with van der Waals surface area (Å²) < 4.78 is 5.45. The van der Waals surface area contributed by atoms with Crippen LogP contribution in [0.1, 0.15) is 37.7 Å². The molecule has 0 atom stereocenters. The van der Waals surface area contributed by atoms with Crippen LogP contribution < -0.4 is 10.1 Å². The van der Waals surface area contributed by atoms with Gasteiger partial charge in [-0.2, -0.15) is 0 Å². The minimum Gasteiger partial charge on any atom is -0.497 e. The Labute approximate surface area is 122 Å². The van der Waals surface area contributed by atoms with Crippen molar-refractivity contribution in [2.24, 2.45) is 0 Å². The molecule has 1 saturated carbocycles. The molecule has 2 aliphatic rings. The highest BCUT2D eigenvalue weighted by Crippen LogP contribution is 2.43. The van der Waals surface area contributed by atoms with Crippen LogP contribution in [-0.4, -0.2) is 38.2 Å². The zero-order valence-electron chi connectivity index (χ0n) is 12.5. The summed E-state index contributed by atoms with van der Waals surface area (Å²) in [6, 6.07) is 8.76. The van der Waals surface area contributed by atoms with Gasteiger partial charge >= 0.3 is 0 Å². The van der Waals surface area contributed by atoms with Crippen LogP contribution in [0.15, 0.2) is 24.3 Å². The maximum atomic E-state index is 5.45. The Morgan fingerprint density at radius 3 is 2.55 bits per heavy atom. The normalized spacial score (nSPS) is 23.4. The van der Waals surface area contributed by atoms with Gasteiger partial charge < -0.3 is 10.1 Å². The van der Waals surface area contributed by atoms with Crippen molar-refractivity contribution in [3.63, 3.8) is 0 Å². The molecule has 0 unspecified atom stereocenters. The van der Waals surface area contributed by atoms with Crippen LogP contribution in [0.3, 0.4) is 0 Å². The maximum Gasteiger partial charge on any atom is 0.119 e. The number of nitrogens with one attached hydrogen (secondary N) is 1. The Morgan fingerprint density at radius 2 is 1.85 bits per heavy atom. The summed E-state index contributed by atoms with van der Waals surface area (Å²) in [6.45, 7) is 4.56. The van der Waals surface area contributed by atoms with Gasteiger partial charge in [0.1, 0.15) is 5.75 Å². The molecule has 3 nitrogen and oxygen atoms in total. The number of methoxy groups -OCH3 is 1. The molecule has 1 aliphatic carbocycles. The molecule has 3 heteroatoms. The van der Waals surface area contributed by atoms with E-state index in [0.29, 0.717) is 0 Å². The van der Waals surface area contributed by atoms with E-state index < -0.39 is 0 Å². The summed E-state index contributed by atoms with van der Waals surface area (Å²) >= 11 is 0. The van der Waals surface area contributed by atoms with Crippen molar-refractivity contribution in [3.05, 3.63) is 29.8 Å². The third-order valence-corrected chi connectivity index (χ3v) is 5.01. The summed E-state index contributed by atoms with van der Waals surface area (Å²) in [5, 5.41) is 3.48. The van der Waals surface area contributed by atoms with Crippen molar-refractivity contribution >= 4 is 0 Å². The second-order valence-corrected chi connectivity index (χ2v) is 6.06. The molecule has 0 bridgehead atoms. The molecule has 1 aliphatic heterocycles. The topological polar surface area (TPSA) is 24.5 Å². The average Bonchev–Trinajstić information content (AvgIpc) is 2.56. The largest absolute Gasteiger partial charge is 0.497 e. The van der Waals surface area contributed by atoms with Gasteiger partial charge in [-0.3, -0.25) is 4.90 Å². The highest BCUT2D eigenvalue weighted by Gasteiger charge is 2.39. The van der Waals surface area contributed by atoms with Crippen LogP contribution >= 0.6 is 0 Å². The molecule has 20 heavy (non-hydrogen) atoms. The third-order valence-electron chi connectivity index (χ3n) is 5.01. The number of piperazine rings is 1. The molecule has 3 rings (SSSR count). The van der Waals surface area contributed by atoms with Gasteiger partial charge in [-0.15, -0.1) is 0 Å². The number of benzene rings is 1. The van der Waals surface area contributed by atoms with Crippen LogP contribution in [0, 0.1) is 0 Å². The van der Waals surface area contributed by atoms with E-state index in [0.717, 1.165) is 31.9 Å². The Morgan fingerprint density at radius 1 is 1.10 bits per heavy atom. The van der Waals surface area contributed by atoms with Gasteiger partial charge in [-0.25, -0.2) is 0 Å². The smallest absolute Gasteiger partial charge is 0.119 e. The zero-order chi connectivity index (χ0) is 13.8. The summed E-state index contributed by atoms with van der Waals surface area (Å²) in [7, 11) is 1.76. The van der Waals surface area contributed by atoms with Gasteiger partial charge in [0.05, 0.1) is 7.11 Å². The lowest BCUT2D eigenvalue weighted by atomic mass is 9.75. The molecule has 1 saturated heterocycles. The zero-order valence-corrected chi connectivity index (χ0v) is 12.5. The van der Waals surface area contributed by atoms with Crippen molar-refractivity contribution < 1.29 is 4.74 Å². The first-order chi connectivity index (χ1) is 9.85. The van der Waals surface area contributed by atoms with E-state index in [1.54, 1.807) is 7.11 Å². The van der Waals surface area contributed by atoms with Crippen LogP contribution in [-0.2, 0) is 5.54 Å². The van der Waals surface area contributed by atoms with Gasteiger partial charge in [0.2, 0.25) is 0 Å². The van der Waals surface area contributed by atoms with Gasteiger partial charge in [0.15, 0.2) is 0 Å². The van der Waals surface area contributed by atoms with Gasteiger partial charge in [-0.05, 0) is 30.5 Å². The summed E-state index contributed by atoms with van der Waals surface area (Å²) in [6.07, 6.45) is 6.67. The van der Waals surface area contributed by atoms with Crippen LogP contribution in [0.25, 0.3) is 0 Å². The molecule has 1 aromatic rings. The fourth-order valence-corrected chi connectivity index (χ4v) is 3.93. The van der Waals surface area contributed by atoms with E-state index in [1.807, 2.05) is 0 Å². The van der Waals surface area contributed by atoms with Gasteiger partial charge in [-0.1, -0.05) is 31.4 Å². The van der Waals surface area contributed by atoms with E-state index in [2.05, 4.69) is 34.5 Å². The quantitative estimate of drug-likeness (QED) is 0.917. The van der Waals surface area contributed by atoms with Crippen molar-refractivity contribution in [1.29, 1.82) is 0 Å². The molecule has 0 radical (unpaired) electrons. The van der Waals surface area contributed by atoms with Crippen molar-refractivity contribution in [1.82, 2.24) is 10.2 Å². The first kappa shape index (κ1) is 13.9. The summed E-state index contributed by atoms with van der Waals surface area (Å²) in [5.74, 6) is 0.989. The minimum absolute atomic E-state index is 0.245. The first-order valence-corrected chi connectivity index (χ1v) is 7.95. The summed E-state index contributed by atoms with van der Waals surface area (Å²) in [4.78, 5) is 2.72. The molecular formula is C17H26N2O. The lowest BCUT2D eigenvalue weighted by Gasteiger charge is -2.49. The maximum absolute atomic E-state index is 5.45. The number of nitrogens with zero attached hydrogens (tertiary/aromatic N) is 1. The predicted molar refractivity (Wildman–Crippen MR) is 82.2 cm³/mol. The first-order valence-electron chi connectivity index (χ1n) is 7.95. The van der Waals surface area contributed by atoms with E-state index in [1.165, 1.54) is 37.7 Å². The standard InChI is InChI=1S/C17H26N2O/c1-20-16-7-5-6-15(14-16)17(8-3-2-4-9-17)19-12-10-18-11-13-19/h5-7,14,18H,2-4,8-13H2,1H3. The number of rotatable bonds is 3. The van der Waals surface area contributed by atoms with Crippen LogP contribution in [0.4, 0.5) is 0 Å². The molecule has 110 valence electrons. The van der Waals surface area contributed by atoms with E-state index >= 15 is 0 Å². The fraction of sp³-hybridized carbons (Fsp3) is 0.647. The lowest BCUT2D eigenvalue weighted by Crippen LogP contribution is -2.55.